The number of carbonyl (C=O) groups is 2. The zero-order chi connectivity index (χ0) is 20.6. The SMILES string of the molecule is CC=CC=CC(=O)OCC(=O)Nc1ccc(Cl)c(S(=O)(=O)N2CCOCC2)c1. The highest BCUT2D eigenvalue weighted by atomic mass is 35.5. The molecule has 8 nitrogen and oxygen atoms in total. The van der Waals surface area contributed by atoms with E-state index in [2.05, 4.69) is 5.32 Å². The van der Waals surface area contributed by atoms with Crippen LogP contribution in [0.3, 0.4) is 0 Å². The number of ether oxygens (including phenoxy) is 2. The zero-order valence-corrected chi connectivity index (χ0v) is 16.8. The fraction of sp³-hybridized carbons (Fsp3) is 0.333. The van der Waals surface area contributed by atoms with Crippen molar-refractivity contribution in [3.05, 3.63) is 47.5 Å². The van der Waals surface area contributed by atoms with Crippen LogP contribution < -0.4 is 5.32 Å². The number of benzene rings is 1. The number of sulfonamides is 1. The molecule has 0 aromatic heterocycles. The zero-order valence-electron chi connectivity index (χ0n) is 15.3. The van der Waals surface area contributed by atoms with Crippen molar-refractivity contribution < 1.29 is 27.5 Å². The number of carbonyl (C=O) groups excluding carboxylic acids is 2. The molecule has 152 valence electrons. The summed E-state index contributed by atoms with van der Waals surface area (Å²) < 4.78 is 36.8. The fourth-order valence-corrected chi connectivity index (χ4v) is 4.24. The molecule has 1 aromatic rings. The van der Waals surface area contributed by atoms with E-state index < -0.39 is 28.5 Å². The maximum atomic E-state index is 12.8. The molecule has 0 radical (unpaired) electrons. The van der Waals surface area contributed by atoms with Gasteiger partial charge in [-0.1, -0.05) is 29.8 Å². The third kappa shape index (κ3) is 6.16. The monoisotopic (exact) mass is 428 g/mol. The number of nitrogens with one attached hydrogen (secondary N) is 1. The molecule has 1 amide bonds. The summed E-state index contributed by atoms with van der Waals surface area (Å²) in [5, 5.41) is 2.53. The first-order valence-corrected chi connectivity index (χ1v) is 10.3. The van der Waals surface area contributed by atoms with E-state index in [0.717, 1.165) is 0 Å². The second kappa shape index (κ2) is 10.4. The Bertz CT molecular complexity index is 876. The summed E-state index contributed by atoms with van der Waals surface area (Å²) in [7, 11) is -3.82. The Morgan fingerprint density at radius 1 is 1.29 bits per heavy atom. The van der Waals surface area contributed by atoms with Gasteiger partial charge in [0, 0.05) is 24.9 Å². The van der Waals surface area contributed by atoms with Crippen LogP contribution in [0, 0.1) is 0 Å². The van der Waals surface area contributed by atoms with Gasteiger partial charge in [0.25, 0.3) is 5.91 Å². The summed E-state index contributed by atoms with van der Waals surface area (Å²) in [6.07, 6.45) is 6.05. The Labute approximate surface area is 168 Å². The number of halogens is 1. The highest BCUT2D eigenvalue weighted by molar-refractivity contribution is 7.89. The molecule has 0 saturated carbocycles. The third-order valence-electron chi connectivity index (χ3n) is 3.68. The van der Waals surface area contributed by atoms with Crippen molar-refractivity contribution in [2.45, 2.75) is 11.8 Å². The molecule has 0 aliphatic carbocycles. The maximum Gasteiger partial charge on any atom is 0.331 e. The van der Waals surface area contributed by atoms with Crippen LogP contribution in [0.25, 0.3) is 0 Å². The number of rotatable bonds is 7. The van der Waals surface area contributed by atoms with Crippen LogP contribution in [-0.4, -0.2) is 57.5 Å². The molecule has 1 N–H and O–H groups in total. The van der Waals surface area contributed by atoms with E-state index in [9.17, 15) is 18.0 Å². The van der Waals surface area contributed by atoms with E-state index in [-0.39, 0.29) is 28.7 Å². The van der Waals surface area contributed by atoms with Crippen LogP contribution in [0.2, 0.25) is 5.02 Å². The average molecular weight is 429 g/mol. The third-order valence-corrected chi connectivity index (χ3v) is 6.06. The lowest BCUT2D eigenvalue weighted by Crippen LogP contribution is -2.40. The maximum absolute atomic E-state index is 12.8. The van der Waals surface area contributed by atoms with Gasteiger partial charge in [0.05, 0.1) is 18.2 Å². The second-order valence-corrected chi connectivity index (χ2v) is 8.02. The molecule has 0 spiro atoms. The van der Waals surface area contributed by atoms with Crippen LogP contribution in [0.15, 0.2) is 47.4 Å². The lowest BCUT2D eigenvalue weighted by molar-refractivity contribution is -0.142. The lowest BCUT2D eigenvalue weighted by atomic mass is 10.3. The summed E-state index contributed by atoms with van der Waals surface area (Å²) >= 11 is 6.07. The highest BCUT2D eigenvalue weighted by Crippen LogP contribution is 2.28. The van der Waals surface area contributed by atoms with Crippen molar-refractivity contribution in [1.29, 1.82) is 0 Å². The molecule has 0 unspecified atom stereocenters. The molecular formula is C18H21ClN2O6S. The van der Waals surface area contributed by atoms with Gasteiger partial charge in [-0.3, -0.25) is 4.79 Å². The minimum absolute atomic E-state index is 0.0463. The predicted molar refractivity (Wildman–Crippen MR) is 105 cm³/mol. The number of amides is 1. The normalized spacial score (nSPS) is 15.8. The van der Waals surface area contributed by atoms with Gasteiger partial charge < -0.3 is 14.8 Å². The standard InChI is InChI=1S/C18H21ClN2O6S/c1-2-3-4-5-18(23)27-13-17(22)20-14-6-7-15(19)16(12-14)28(24,25)21-8-10-26-11-9-21/h2-7,12H,8-11,13H2,1H3,(H,20,22). The molecule has 1 saturated heterocycles. The molecule has 0 atom stereocenters. The van der Waals surface area contributed by atoms with Crippen molar-refractivity contribution in [1.82, 2.24) is 4.31 Å². The van der Waals surface area contributed by atoms with E-state index in [1.807, 2.05) is 0 Å². The van der Waals surface area contributed by atoms with Crippen molar-refractivity contribution >= 4 is 39.2 Å². The first-order valence-electron chi connectivity index (χ1n) is 8.48. The Morgan fingerprint density at radius 2 is 2.00 bits per heavy atom. The Hall–Kier alpha value is -2.20. The van der Waals surface area contributed by atoms with Gasteiger partial charge in [0.2, 0.25) is 10.0 Å². The largest absolute Gasteiger partial charge is 0.452 e. The fourth-order valence-electron chi connectivity index (χ4n) is 2.33. The number of esters is 1. The minimum Gasteiger partial charge on any atom is -0.452 e. The van der Waals surface area contributed by atoms with Gasteiger partial charge >= 0.3 is 5.97 Å². The van der Waals surface area contributed by atoms with Gasteiger partial charge in [-0.2, -0.15) is 4.31 Å². The van der Waals surface area contributed by atoms with Crippen LogP contribution in [0.1, 0.15) is 6.92 Å². The van der Waals surface area contributed by atoms with Crippen molar-refractivity contribution in [3.63, 3.8) is 0 Å². The summed E-state index contributed by atoms with van der Waals surface area (Å²) in [4.78, 5) is 23.3. The summed E-state index contributed by atoms with van der Waals surface area (Å²) in [6.45, 7) is 2.36. The molecule has 1 fully saturated rings. The molecule has 2 rings (SSSR count). The minimum atomic E-state index is -3.82. The highest BCUT2D eigenvalue weighted by Gasteiger charge is 2.28. The molecule has 28 heavy (non-hydrogen) atoms. The number of anilines is 1. The first kappa shape index (κ1) is 22.1. The second-order valence-electron chi connectivity index (χ2n) is 5.70. The Balaban J connectivity index is 2.04. The van der Waals surface area contributed by atoms with E-state index in [4.69, 9.17) is 21.1 Å². The van der Waals surface area contributed by atoms with Gasteiger partial charge in [0.1, 0.15) is 4.90 Å². The quantitative estimate of drug-likeness (QED) is 0.404. The number of hydrogen-bond acceptors (Lipinski definition) is 6. The topological polar surface area (TPSA) is 102 Å². The molecule has 0 bridgehead atoms. The lowest BCUT2D eigenvalue weighted by Gasteiger charge is -2.26. The van der Waals surface area contributed by atoms with E-state index in [1.54, 1.807) is 19.1 Å². The summed E-state index contributed by atoms with van der Waals surface area (Å²) in [5.41, 5.74) is 0.224. The van der Waals surface area contributed by atoms with Crippen LogP contribution >= 0.6 is 11.6 Å². The number of allylic oxidation sites excluding steroid dienone is 3. The van der Waals surface area contributed by atoms with E-state index >= 15 is 0 Å². The Kier molecular flexibility index (Phi) is 8.18. The van der Waals surface area contributed by atoms with Crippen molar-refractivity contribution in [2.75, 3.05) is 38.2 Å². The molecular weight excluding hydrogens is 408 g/mol. The number of hydrogen-bond donors (Lipinski definition) is 1. The van der Waals surface area contributed by atoms with E-state index in [0.29, 0.717) is 13.2 Å². The first-order chi connectivity index (χ1) is 13.3. The Morgan fingerprint density at radius 3 is 2.68 bits per heavy atom. The average Bonchev–Trinajstić information content (AvgIpc) is 2.68. The number of morpholine rings is 1. The molecule has 1 aliphatic heterocycles. The van der Waals surface area contributed by atoms with Crippen molar-refractivity contribution in [3.8, 4) is 0 Å². The van der Waals surface area contributed by atoms with Gasteiger partial charge in [-0.15, -0.1) is 0 Å². The van der Waals surface area contributed by atoms with Crippen LogP contribution in [-0.2, 0) is 29.1 Å². The summed E-state index contributed by atoms with van der Waals surface area (Å²) in [6, 6.07) is 4.13. The smallest absolute Gasteiger partial charge is 0.331 e. The van der Waals surface area contributed by atoms with Crippen LogP contribution in [0.5, 0.6) is 0 Å². The predicted octanol–water partition coefficient (Wildman–Crippen LogP) is 1.97. The van der Waals surface area contributed by atoms with Crippen molar-refractivity contribution in [2.24, 2.45) is 0 Å². The van der Waals surface area contributed by atoms with Gasteiger partial charge in [0.15, 0.2) is 6.61 Å². The van der Waals surface area contributed by atoms with Gasteiger partial charge in [-0.05, 0) is 25.1 Å². The molecule has 1 aliphatic rings. The summed E-state index contributed by atoms with van der Waals surface area (Å²) in [5.74, 6) is -1.27. The van der Waals surface area contributed by atoms with E-state index in [1.165, 1.54) is 34.7 Å². The number of nitrogens with zero attached hydrogens (tertiary/aromatic N) is 1. The van der Waals surface area contributed by atoms with Crippen LogP contribution in [0.4, 0.5) is 5.69 Å². The molecule has 10 heteroatoms. The molecule has 1 aromatic carbocycles. The molecule has 1 heterocycles. The van der Waals surface area contributed by atoms with Gasteiger partial charge in [-0.25, -0.2) is 13.2 Å².